The highest BCUT2D eigenvalue weighted by Crippen LogP contribution is 2.30. The van der Waals surface area contributed by atoms with Crippen molar-refractivity contribution < 1.29 is 4.74 Å². The van der Waals surface area contributed by atoms with Gasteiger partial charge in [0, 0.05) is 0 Å². The predicted octanol–water partition coefficient (Wildman–Crippen LogP) is 5.89. The molecule has 2 atom stereocenters. The van der Waals surface area contributed by atoms with Crippen molar-refractivity contribution in [2.24, 2.45) is 5.92 Å². The molecule has 0 aromatic carbocycles. The summed E-state index contributed by atoms with van der Waals surface area (Å²) in [6.45, 7) is 6.86. The van der Waals surface area contributed by atoms with Crippen molar-refractivity contribution in [1.82, 2.24) is 0 Å². The maximum Gasteiger partial charge on any atom is 0.0876 e. The van der Waals surface area contributed by atoms with Crippen LogP contribution in [0.4, 0.5) is 0 Å². The van der Waals surface area contributed by atoms with Gasteiger partial charge in [0.05, 0.1) is 12.2 Å². The fraction of sp³-hybridized carbons (Fsp3) is 0.889. The molecular weight excluding hydrogens is 232 g/mol. The SMILES string of the molecule is CCC/C=C\CC1OC1CCCCCCCC(C)C. The van der Waals surface area contributed by atoms with Gasteiger partial charge in [-0.1, -0.05) is 77.9 Å². The molecule has 0 radical (unpaired) electrons. The second kappa shape index (κ2) is 10.5. The number of hydrogen-bond donors (Lipinski definition) is 0. The van der Waals surface area contributed by atoms with Crippen LogP contribution >= 0.6 is 0 Å². The molecule has 112 valence electrons. The Hall–Kier alpha value is -0.300. The van der Waals surface area contributed by atoms with Crippen LogP contribution < -0.4 is 0 Å². The van der Waals surface area contributed by atoms with Crippen molar-refractivity contribution in [3.05, 3.63) is 12.2 Å². The van der Waals surface area contributed by atoms with E-state index < -0.39 is 0 Å². The van der Waals surface area contributed by atoms with Gasteiger partial charge in [0.25, 0.3) is 0 Å². The quantitative estimate of drug-likeness (QED) is 0.244. The van der Waals surface area contributed by atoms with Crippen LogP contribution in [0.3, 0.4) is 0 Å². The lowest BCUT2D eigenvalue weighted by Crippen LogP contribution is -1.93. The smallest absolute Gasteiger partial charge is 0.0876 e. The van der Waals surface area contributed by atoms with E-state index in [1.165, 1.54) is 57.8 Å². The van der Waals surface area contributed by atoms with Crippen molar-refractivity contribution >= 4 is 0 Å². The van der Waals surface area contributed by atoms with Gasteiger partial charge >= 0.3 is 0 Å². The molecule has 1 saturated heterocycles. The first-order valence-electron chi connectivity index (χ1n) is 8.54. The summed E-state index contributed by atoms with van der Waals surface area (Å²) >= 11 is 0. The number of rotatable bonds is 12. The van der Waals surface area contributed by atoms with Gasteiger partial charge in [-0.3, -0.25) is 0 Å². The second-order valence-electron chi connectivity index (χ2n) is 6.45. The van der Waals surface area contributed by atoms with E-state index in [2.05, 4.69) is 32.9 Å². The van der Waals surface area contributed by atoms with Crippen LogP contribution in [0.15, 0.2) is 12.2 Å². The zero-order valence-corrected chi connectivity index (χ0v) is 13.4. The number of epoxide rings is 1. The monoisotopic (exact) mass is 266 g/mol. The summed E-state index contributed by atoms with van der Waals surface area (Å²) in [5.41, 5.74) is 0. The normalized spacial score (nSPS) is 22.5. The number of hydrogen-bond acceptors (Lipinski definition) is 1. The third-order valence-electron chi connectivity index (χ3n) is 3.95. The molecule has 1 nitrogen and oxygen atoms in total. The lowest BCUT2D eigenvalue weighted by atomic mass is 10.0. The van der Waals surface area contributed by atoms with Gasteiger partial charge in [0.1, 0.15) is 0 Å². The molecule has 0 amide bonds. The maximum absolute atomic E-state index is 5.71. The molecule has 0 spiro atoms. The van der Waals surface area contributed by atoms with Crippen LogP contribution in [-0.4, -0.2) is 12.2 Å². The Bertz CT molecular complexity index is 232. The van der Waals surface area contributed by atoms with E-state index >= 15 is 0 Å². The summed E-state index contributed by atoms with van der Waals surface area (Å²) in [5, 5.41) is 0. The first kappa shape index (κ1) is 16.8. The van der Waals surface area contributed by atoms with Crippen LogP contribution in [0, 0.1) is 5.92 Å². The highest BCUT2D eigenvalue weighted by molar-refractivity contribution is 4.93. The number of unbranched alkanes of at least 4 members (excludes halogenated alkanes) is 5. The fourth-order valence-corrected chi connectivity index (χ4v) is 2.58. The summed E-state index contributed by atoms with van der Waals surface area (Å²) in [6, 6.07) is 0. The van der Waals surface area contributed by atoms with E-state index in [0.717, 1.165) is 12.3 Å². The summed E-state index contributed by atoms with van der Waals surface area (Å²) < 4.78 is 5.71. The first-order chi connectivity index (χ1) is 9.24. The molecule has 0 bridgehead atoms. The first-order valence-corrected chi connectivity index (χ1v) is 8.54. The Kier molecular flexibility index (Phi) is 9.24. The van der Waals surface area contributed by atoms with Crippen LogP contribution in [0.5, 0.6) is 0 Å². The topological polar surface area (TPSA) is 12.5 Å². The Balaban J connectivity index is 1.82. The average Bonchev–Trinajstić information content (AvgIpc) is 3.12. The van der Waals surface area contributed by atoms with Crippen molar-refractivity contribution in [2.45, 2.75) is 97.2 Å². The van der Waals surface area contributed by atoms with E-state index in [0.29, 0.717) is 12.2 Å². The Morgan fingerprint density at radius 1 is 0.947 bits per heavy atom. The summed E-state index contributed by atoms with van der Waals surface area (Å²) in [7, 11) is 0. The van der Waals surface area contributed by atoms with Crippen molar-refractivity contribution in [3.63, 3.8) is 0 Å². The zero-order chi connectivity index (χ0) is 13.9. The molecule has 2 unspecified atom stereocenters. The van der Waals surface area contributed by atoms with Gasteiger partial charge in [-0.15, -0.1) is 0 Å². The summed E-state index contributed by atoms with van der Waals surface area (Å²) in [4.78, 5) is 0. The molecule has 0 saturated carbocycles. The fourth-order valence-electron chi connectivity index (χ4n) is 2.58. The van der Waals surface area contributed by atoms with E-state index in [4.69, 9.17) is 4.74 Å². The third-order valence-corrected chi connectivity index (χ3v) is 3.95. The van der Waals surface area contributed by atoms with Crippen molar-refractivity contribution in [1.29, 1.82) is 0 Å². The molecule has 19 heavy (non-hydrogen) atoms. The molecule has 1 heteroatoms. The molecular formula is C18H34O. The minimum absolute atomic E-state index is 0.550. The van der Waals surface area contributed by atoms with Gasteiger partial charge in [0.2, 0.25) is 0 Å². The molecule has 0 aromatic heterocycles. The molecule has 1 fully saturated rings. The van der Waals surface area contributed by atoms with E-state index in [1.54, 1.807) is 0 Å². The maximum atomic E-state index is 5.71. The molecule has 1 aliphatic heterocycles. The van der Waals surface area contributed by atoms with Gasteiger partial charge in [-0.2, -0.15) is 0 Å². The minimum atomic E-state index is 0.550. The van der Waals surface area contributed by atoms with Crippen LogP contribution in [0.25, 0.3) is 0 Å². The molecule has 1 aliphatic rings. The lowest BCUT2D eigenvalue weighted by molar-refractivity contribution is 0.358. The van der Waals surface area contributed by atoms with E-state index in [9.17, 15) is 0 Å². The van der Waals surface area contributed by atoms with Crippen LogP contribution in [0.2, 0.25) is 0 Å². The highest BCUT2D eigenvalue weighted by Gasteiger charge is 2.36. The number of ether oxygens (including phenoxy) is 1. The summed E-state index contributed by atoms with van der Waals surface area (Å²) in [5.74, 6) is 0.876. The van der Waals surface area contributed by atoms with Crippen molar-refractivity contribution in [3.8, 4) is 0 Å². The molecule has 1 heterocycles. The Morgan fingerprint density at radius 2 is 1.68 bits per heavy atom. The van der Waals surface area contributed by atoms with Gasteiger partial charge in [-0.05, 0) is 25.2 Å². The molecule has 0 aromatic rings. The van der Waals surface area contributed by atoms with E-state index in [1.807, 2.05) is 0 Å². The minimum Gasteiger partial charge on any atom is -0.369 e. The van der Waals surface area contributed by atoms with Gasteiger partial charge in [-0.25, -0.2) is 0 Å². The van der Waals surface area contributed by atoms with Crippen LogP contribution in [-0.2, 0) is 4.74 Å². The lowest BCUT2D eigenvalue weighted by Gasteiger charge is -2.03. The molecule has 0 aliphatic carbocycles. The van der Waals surface area contributed by atoms with Crippen LogP contribution in [0.1, 0.15) is 85.0 Å². The van der Waals surface area contributed by atoms with E-state index in [-0.39, 0.29) is 0 Å². The Morgan fingerprint density at radius 3 is 2.42 bits per heavy atom. The molecule has 0 N–H and O–H groups in total. The molecule has 1 rings (SSSR count). The largest absolute Gasteiger partial charge is 0.369 e. The summed E-state index contributed by atoms with van der Waals surface area (Å²) in [6.07, 6.45) is 19.1. The van der Waals surface area contributed by atoms with Crippen molar-refractivity contribution in [2.75, 3.05) is 0 Å². The number of allylic oxidation sites excluding steroid dienone is 1. The third kappa shape index (κ3) is 9.27. The average molecular weight is 266 g/mol. The predicted molar refractivity (Wildman–Crippen MR) is 84.5 cm³/mol. The van der Waals surface area contributed by atoms with Gasteiger partial charge in [0.15, 0.2) is 0 Å². The standard InChI is InChI=1S/C18H34O/c1-4-5-6-11-14-17-18(19-17)15-12-9-7-8-10-13-16(2)3/h6,11,16-18H,4-5,7-10,12-15H2,1-3H3/b11-6-. The highest BCUT2D eigenvalue weighted by atomic mass is 16.6. The Labute approximate surface area is 120 Å². The van der Waals surface area contributed by atoms with Gasteiger partial charge < -0.3 is 4.74 Å². The second-order valence-corrected chi connectivity index (χ2v) is 6.45. The zero-order valence-electron chi connectivity index (χ0n) is 13.4.